The molecule has 158 valence electrons. The minimum atomic E-state index is -0.226. The van der Waals surface area contributed by atoms with Crippen molar-refractivity contribution in [2.24, 2.45) is 0 Å². The van der Waals surface area contributed by atoms with Gasteiger partial charge in [0.2, 0.25) is 5.91 Å². The quantitative estimate of drug-likeness (QED) is 0.622. The molecule has 2 aromatic carbocycles. The van der Waals surface area contributed by atoms with Crippen molar-refractivity contribution in [3.63, 3.8) is 0 Å². The lowest BCUT2D eigenvalue weighted by Crippen LogP contribution is -2.41. The number of morpholine rings is 1. The Balaban J connectivity index is 1.35. The third kappa shape index (κ3) is 5.26. The molecule has 4 rings (SSSR count). The Bertz CT molecular complexity index is 978. The maximum atomic E-state index is 13.2. The first-order chi connectivity index (χ1) is 14.7. The highest BCUT2D eigenvalue weighted by Crippen LogP contribution is 2.23. The summed E-state index contributed by atoms with van der Waals surface area (Å²) in [6, 6.07) is 14.8. The predicted molar refractivity (Wildman–Crippen MR) is 116 cm³/mol. The second kappa shape index (κ2) is 9.87. The molecule has 0 atom stereocenters. The van der Waals surface area contributed by atoms with E-state index in [-0.39, 0.29) is 11.7 Å². The summed E-state index contributed by atoms with van der Waals surface area (Å²) < 4.78 is 20.7. The van der Waals surface area contributed by atoms with Crippen molar-refractivity contribution in [2.45, 2.75) is 19.4 Å². The van der Waals surface area contributed by atoms with Gasteiger partial charge in [-0.3, -0.25) is 9.69 Å². The van der Waals surface area contributed by atoms with Crippen LogP contribution in [0.1, 0.15) is 17.5 Å². The van der Waals surface area contributed by atoms with Crippen molar-refractivity contribution in [2.75, 3.05) is 39.4 Å². The van der Waals surface area contributed by atoms with Crippen LogP contribution in [-0.2, 0) is 22.5 Å². The lowest BCUT2D eigenvalue weighted by Gasteiger charge is -2.26. The Hall–Kier alpha value is -2.70. The summed E-state index contributed by atoms with van der Waals surface area (Å²) >= 11 is 0. The molecular weight excluding hydrogens is 381 g/mol. The van der Waals surface area contributed by atoms with Crippen LogP contribution in [0.25, 0.3) is 10.9 Å². The Morgan fingerprint density at radius 1 is 1.07 bits per heavy atom. The van der Waals surface area contributed by atoms with Gasteiger partial charge in [-0.25, -0.2) is 4.39 Å². The van der Waals surface area contributed by atoms with Gasteiger partial charge in [0.1, 0.15) is 5.82 Å². The molecule has 0 saturated carbocycles. The van der Waals surface area contributed by atoms with E-state index in [0.29, 0.717) is 25.9 Å². The van der Waals surface area contributed by atoms with Gasteiger partial charge in [-0.15, -0.1) is 0 Å². The van der Waals surface area contributed by atoms with E-state index in [1.807, 2.05) is 24.3 Å². The largest absolute Gasteiger partial charge is 0.379 e. The average molecular weight is 410 g/mol. The number of aryl methyl sites for hydroxylation is 1. The first-order valence-corrected chi connectivity index (χ1v) is 10.6. The number of amides is 1. The zero-order valence-electron chi connectivity index (χ0n) is 17.1. The number of hydrogen-bond acceptors (Lipinski definition) is 3. The highest BCUT2D eigenvalue weighted by Gasteiger charge is 2.12. The summed E-state index contributed by atoms with van der Waals surface area (Å²) in [4.78, 5) is 14.6. The van der Waals surface area contributed by atoms with Crippen molar-refractivity contribution < 1.29 is 13.9 Å². The van der Waals surface area contributed by atoms with Crippen molar-refractivity contribution >= 4 is 16.8 Å². The van der Waals surface area contributed by atoms with E-state index in [9.17, 15) is 9.18 Å². The van der Waals surface area contributed by atoms with Crippen LogP contribution in [0.5, 0.6) is 0 Å². The van der Waals surface area contributed by atoms with E-state index in [4.69, 9.17) is 4.74 Å². The number of para-hydroxylation sites is 1. The zero-order chi connectivity index (χ0) is 20.8. The van der Waals surface area contributed by atoms with Crippen LogP contribution in [-0.4, -0.2) is 54.8 Å². The summed E-state index contributed by atoms with van der Waals surface area (Å²) in [6.45, 7) is 5.63. The normalized spacial score (nSPS) is 14.8. The first-order valence-electron chi connectivity index (χ1n) is 10.6. The Kier molecular flexibility index (Phi) is 6.77. The fourth-order valence-corrected chi connectivity index (χ4v) is 3.95. The maximum Gasteiger partial charge on any atom is 0.220 e. The van der Waals surface area contributed by atoms with Gasteiger partial charge in [0.15, 0.2) is 0 Å². The topological polar surface area (TPSA) is 46.5 Å². The molecular formula is C24H28FN3O2. The van der Waals surface area contributed by atoms with Gasteiger partial charge < -0.3 is 14.6 Å². The summed E-state index contributed by atoms with van der Waals surface area (Å²) in [6.07, 6.45) is 3.28. The molecule has 1 saturated heterocycles. The molecule has 0 aliphatic carbocycles. The number of benzene rings is 2. The van der Waals surface area contributed by atoms with Crippen molar-refractivity contribution in [3.8, 4) is 0 Å². The van der Waals surface area contributed by atoms with Gasteiger partial charge in [0.25, 0.3) is 0 Å². The molecule has 1 aromatic heterocycles. The van der Waals surface area contributed by atoms with E-state index < -0.39 is 0 Å². The maximum absolute atomic E-state index is 13.2. The lowest BCUT2D eigenvalue weighted by molar-refractivity contribution is -0.121. The standard InChI is InChI=1S/C24H28FN3O2/c25-21-8-5-19(6-9-21)17-28-18-20(22-3-1-2-4-23(22)28)7-10-24(29)26-11-12-27-13-15-30-16-14-27/h1-6,8-9,18H,7,10-17H2,(H,26,29). The zero-order valence-corrected chi connectivity index (χ0v) is 17.1. The summed E-state index contributed by atoms with van der Waals surface area (Å²) in [5.74, 6) is -0.143. The SMILES string of the molecule is O=C(CCc1cn(Cc2ccc(F)cc2)c2ccccc12)NCCN1CCOCC1. The number of nitrogens with zero attached hydrogens (tertiary/aromatic N) is 2. The molecule has 0 bridgehead atoms. The van der Waals surface area contributed by atoms with E-state index in [0.717, 1.165) is 49.5 Å². The minimum Gasteiger partial charge on any atom is -0.379 e. The Morgan fingerprint density at radius 3 is 2.63 bits per heavy atom. The summed E-state index contributed by atoms with van der Waals surface area (Å²) in [5, 5.41) is 4.20. The Morgan fingerprint density at radius 2 is 1.83 bits per heavy atom. The third-order valence-electron chi connectivity index (χ3n) is 5.61. The number of ether oxygens (including phenoxy) is 1. The fourth-order valence-electron chi connectivity index (χ4n) is 3.95. The Labute approximate surface area is 176 Å². The number of rotatable bonds is 8. The molecule has 1 aliphatic rings. The van der Waals surface area contributed by atoms with E-state index in [1.165, 1.54) is 17.5 Å². The molecule has 0 radical (unpaired) electrons. The highest BCUT2D eigenvalue weighted by molar-refractivity contribution is 5.85. The van der Waals surface area contributed by atoms with Crippen LogP contribution < -0.4 is 5.32 Å². The van der Waals surface area contributed by atoms with E-state index >= 15 is 0 Å². The van der Waals surface area contributed by atoms with Gasteiger partial charge in [-0.1, -0.05) is 30.3 Å². The van der Waals surface area contributed by atoms with Crippen molar-refractivity contribution in [3.05, 3.63) is 71.7 Å². The second-order valence-corrected chi connectivity index (χ2v) is 7.73. The molecule has 0 spiro atoms. The molecule has 1 amide bonds. The van der Waals surface area contributed by atoms with Crippen molar-refractivity contribution in [1.82, 2.24) is 14.8 Å². The predicted octanol–water partition coefficient (Wildman–Crippen LogP) is 3.21. The molecule has 3 aromatic rings. The molecule has 6 heteroatoms. The lowest BCUT2D eigenvalue weighted by atomic mass is 10.1. The molecule has 1 fully saturated rings. The number of halogens is 1. The minimum absolute atomic E-state index is 0.0821. The number of fused-ring (bicyclic) bond motifs is 1. The fraction of sp³-hybridized carbons (Fsp3) is 0.375. The molecule has 5 nitrogen and oxygen atoms in total. The molecule has 30 heavy (non-hydrogen) atoms. The van der Waals surface area contributed by atoms with Crippen LogP contribution >= 0.6 is 0 Å². The third-order valence-corrected chi connectivity index (χ3v) is 5.61. The van der Waals surface area contributed by atoms with Crippen LogP contribution in [0, 0.1) is 5.82 Å². The number of aromatic nitrogens is 1. The van der Waals surface area contributed by atoms with Gasteiger partial charge >= 0.3 is 0 Å². The second-order valence-electron chi connectivity index (χ2n) is 7.73. The smallest absolute Gasteiger partial charge is 0.220 e. The first kappa shape index (κ1) is 20.6. The van der Waals surface area contributed by atoms with E-state index in [1.54, 1.807) is 0 Å². The summed E-state index contributed by atoms with van der Waals surface area (Å²) in [7, 11) is 0. The van der Waals surface area contributed by atoms with Crippen LogP contribution in [0.15, 0.2) is 54.7 Å². The number of carbonyl (C=O) groups is 1. The number of nitrogens with one attached hydrogen (secondary N) is 1. The average Bonchev–Trinajstić information content (AvgIpc) is 3.12. The van der Waals surface area contributed by atoms with Gasteiger partial charge in [-0.05, 0) is 35.7 Å². The van der Waals surface area contributed by atoms with Gasteiger partial charge in [0, 0.05) is 56.2 Å². The molecule has 0 unspecified atom stereocenters. The van der Waals surface area contributed by atoms with Gasteiger partial charge in [-0.2, -0.15) is 0 Å². The van der Waals surface area contributed by atoms with Crippen LogP contribution in [0.4, 0.5) is 4.39 Å². The van der Waals surface area contributed by atoms with Crippen LogP contribution in [0.3, 0.4) is 0 Å². The molecule has 1 N–H and O–H groups in total. The summed E-state index contributed by atoms with van der Waals surface area (Å²) in [5.41, 5.74) is 3.34. The molecule has 2 heterocycles. The number of hydrogen-bond donors (Lipinski definition) is 1. The van der Waals surface area contributed by atoms with Crippen molar-refractivity contribution in [1.29, 1.82) is 0 Å². The molecule has 1 aliphatic heterocycles. The highest BCUT2D eigenvalue weighted by atomic mass is 19.1. The van der Waals surface area contributed by atoms with Gasteiger partial charge in [0.05, 0.1) is 13.2 Å². The number of carbonyl (C=O) groups excluding carboxylic acids is 1. The van der Waals surface area contributed by atoms with Crippen LogP contribution in [0.2, 0.25) is 0 Å². The monoisotopic (exact) mass is 409 g/mol. The van der Waals surface area contributed by atoms with E-state index in [2.05, 4.69) is 33.1 Å².